The van der Waals surface area contributed by atoms with E-state index in [0.29, 0.717) is 30.1 Å². The van der Waals surface area contributed by atoms with Crippen molar-refractivity contribution in [2.45, 2.75) is 33.9 Å². The number of aromatic nitrogens is 3. The minimum atomic E-state index is -0.514. The number of ether oxygens (including phenoxy) is 1. The van der Waals surface area contributed by atoms with Crippen LogP contribution in [0, 0.1) is 5.92 Å². The lowest BCUT2D eigenvalue weighted by Gasteiger charge is -2.14. The van der Waals surface area contributed by atoms with Gasteiger partial charge >= 0.3 is 0 Å². The molecule has 3 rings (SSSR count). The monoisotopic (exact) mass is 380 g/mol. The van der Waals surface area contributed by atoms with E-state index in [-0.39, 0.29) is 18.2 Å². The number of carbonyl (C=O) groups excluding carboxylic acids is 1. The Kier molecular flexibility index (Phi) is 6.03. The van der Waals surface area contributed by atoms with Crippen LogP contribution >= 0.6 is 0 Å². The number of fused-ring (bicyclic) bond motifs is 1. The van der Waals surface area contributed by atoms with Crippen LogP contribution in [0.15, 0.2) is 47.4 Å². The van der Waals surface area contributed by atoms with Gasteiger partial charge < -0.3 is 10.1 Å². The molecule has 2 aromatic heterocycles. The summed E-state index contributed by atoms with van der Waals surface area (Å²) in [6.45, 7) is 7.15. The smallest absolute Gasteiger partial charge is 0.283 e. The maximum absolute atomic E-state index is 12.9. The summed E-state index contributed by atoms with van der Waals surface area (Å²) in [7, 11) is 0. The van der Waals surface area contributed by atoms with Crippen LogP contribution in [0.4, 0.5) is 0 Å². The predicted molar refractivity (Wildman–Crippen MR) is 107 cm³/mol. The minimum Gasteiger partial charge on any atom is -0.494 e. The van der Waals surface area contributed by atoms with Gasteiger partial charge in [0.25, 0.3) is 11.5 Å². The van der Waals surface area contributed by atoms with E-state index >= 15 is 0 Å². The summed E-state index contributed by atoms with van der Waals surface area (Å²) in [5, 5.41) is 2.78. The molecule has 7 heteroatoms. The van der Waals surface area contributed by atoms with Crippen LogP contribution in [0.1, 0.15) is 36.8 Å². The van der Waals surface area contributed by atoms with E-state index in [0.717, 1.165) is 5.56 Å². The Morgan fingerprint density at radius 2 is 2.00 bits per heavy atom. The molecule has 0 aliphatic rings. The normalized spacial score (nSPS) is 11.0. The fourth-order valence-corrected chi connectivity index (χ4v) is 2.96. The van der Waals surface area contributed by atoms with E-state index in [1.54, 1.807) is 18.3 Å². The molecule has 1 aromatic carbocycles. The SMILES string of the molecule is CCOc1ccccc1CNC(=O)c1nc2cccnc2n(CC(C)C)c1=O. The van der Waals surface area contributed by atoms with E-state index < -0.39 is 11.5 Å². The zero-order valence-corrected chi connectivity index (χ0v) is 16.3. The van der Waals surface area contributed by atoms with Crippen molar-refractivity contribution in [3.8, 4) is 5.75 Å². The fraction of sp³-hybridized carbons (Fsp3) is 0.333. The van der Waals surface area contributed by atoms with E-state index in [1.165, 1.54) is 4.57 Å². The van der Waals surface area contributed by atoms with Crippen LogP contribution in [-0.4, -0.2) is 27.0 Å². The van der Waals surface area contributed by atoms with Crippen molar-refractivity contribution in [3.63, 3.8) is 0 Å². The zero-order valence-electron chi connectivity index (χ0n) is 16.3. The van der Waals surface area contributed by atoms with Crippen molar-refractivity contribution in [2.24, 2.45) is 5.92 Å². The third kappa shape index (κ3) is 4.19. The highest BCUT2D eigenvalue weighted by Crippen LogP contribution is 2.17. The molecular formula is C21H24N4O3. The van der Waals surface area contributed by atoms with Crippen LogP contribution in [-0.2, 0) is 13.1 Å². The highest BCUT2D eigenvalue weighted by molar-refractivity contribution is 5.93. The van der Waals surface area contributed by atoms with Crippen LogP contribution in [0.3, 0.4) is 0 Å². The number of nitrogens with zero attached hydrogens (tertiary/aromatic N) is 3. The number of para-hydroxylation sites is 1. The summed E-state index contributed by atoms with van der Waals surface area (Å²) in [5.74, 6) is 0.414. The van der Waals surface area contributed by atoms with Crippen molar-refractivity contribution in [1.29, 1.82) is 0 Å². The molecule has 0 fully saturated rings. The van der Waals surface area contributed by atoms with Gasteiger partial charge in [-0.3, -0.25) is 14.2 Å². The second-order valence-corrected chi connectivity index (χ2v) is 6.84. The fourth-order valence-electron chi connectivity index (χ4n) is 2.96. The minimum absolute atomic E-state index is 0.130. The largest absolute Gasteiger partial charge is 0.494 e. The third-order valence-electron chi connectivity index (χ3n) is 4.18. The van der Waals surface area contributed by atoms with Gasteiger partial charge in [-0.05, 0) is 31.0 Å². The molecule has 0 aliphatic carbocycles. The quantitative estimate of drug-likeness (QED) is 0.681. The number of pyridine rings is 1. The molecule has 0 atom stereocenters. The molecule has 28 heavy (non-hydrogen) atoms. The molecule has 0 bridgehead atoms. The van der Waals surface area contributed by atoms with E-state index in [4.69, 9.17) is 4.74 Å². The summed E-state index contributed by atoms with van der Waals surface area (Å²) in [5.41, 5.74) is 1.27. The van der Waals surface area contributed by atoms with Gasteiger partial charge in [0.2, 0.25) is 0 Å². The highest BCUT2D eigenvalue weighted by atomic mass is 16.5. The summed E-state index contributed by atoms with van der Waals surface area (Å²) in [6.07, 6.45) is 1.62. The van der Waals surface area contributed by atoms with Gasteiger partial charge in [-0.1, -0.05) is 32.0 Å². The van der Waals surface area contributed by atoms with Crippen molar-refractivity contribution in [1.82, 2.24) is 19.9 Å². The first-order valence-corrected chi connectivity index (χ1v) is 9.35. The van der Waals surface area contributed by atoms with E-state index in [9.17, 15) is 9.59 Å². The van der Waals surface area contributed by atoms with Gasteiger partial charge in [-0.2, -0.15) is 0 Å². The summed E-state index contributed by atoms with van der Waals surface area (Å²) >= 11 is 0. The topological polar surface area (TPSA) is 86.1 Å². The molecule has 2 heterocycles. The highest BCUT2D eigenvalue weighted by Gasteiger charge is 2.19. The first kappa shape index (κ1) is 19.5. The maximum Gasteiger partial charge on any atom is 0.283 e. The predicted octanol–water partition coefficient (Wildman–Crippen LogP) is 2.78. The number of carbonyl (C=O) groups is 1. The Balaban J connectivity index is 1.92. The Hall–Kier alpha value is -3.22. The van der Waals surface area contributed by atoms with Crippen molar-refractivity contribution in [2.75, 3.05) is 6.61 Å². The average molecular weight is 380 g/mol. The summed E-state index contributed by atoms with van der Waals surface area (Å²) in [4.78, 5) is 34.2. The van der Waals surface area contributed by atoms with Crippen molar-refractivity contribution in [3.05, 3.63) is 64.2 Å². The number of amides is 1. The molecule has 1 amide bonds. The zero-order chi connectivity index (χ0) is 20.1. The first-order chi connectivity index (χ1) is 13.5. The molecule has 0 aliphatic heterocycles. The lowest BCUT2D eigenvalue weighted by molar-refractivity contribution is 0.0943. The molecule has 3 aromatic rings. The molecule has 0 saturated heterocycles. The van der Waals surface area contributed by atoms with E-state index in [1.807, 2.05) is 45.0 Å². The first-order valence-electron chi connectivity index (χ1n) is 9.35. The Morgan fingerprint density at radius 3 is 2.75 bits per heavy atom. The number of rotatable bonds is 7. The van der Waals surface area contributed by atoms with Crippen molar-refractivity contribution < 1.29 is 9.53 Å². The maximum atomic E-state index is 12.9. The average Bonchev–Trinajstić information content (AvgIpc) is 2.69. The molecule has 0 unspecified atom stereocenters. The molecule has 0 radical (unpaired) electrons. The Labute approximate surface area is 163 Å². The molecule has 7 nitrogen and oxygen atoms in total. The van der Waals surface area contributed by atoms with Gasteiger partial charge in [0.1, 0.15) is 11.3 Å². The van der Waals surface area contributed by atoms with Gasteiger partial charge in [0, 0.05) is 24.8 Å². The van der Waals surface area contributed by atoms with Gasteiger partial charge in [-0.25, -0.2) is 9.97 Å². The molecule has 0 saturated carbocycles. The lowest BCUT2D eigenvalue weighted by Crippen LogP contribution is -2.35. The molecule has 1 N–H and O–H groups in total. The Bertz CT molecular complexity index is 1040. The molecule has 146 valence electrons. The number of nitrogens with one attached hydrogen (secondary N) is 1. The summed E-state index contributed by atoms with van der Waals surface area (Å²) < 4.78 is 7.10. The van der Waals surface area contributed by atoms with E-state index in [2.05, 4.69) is 15.3 Å². The second-order valence-electron chi connectivity index (χ2n) is 6.84. The number of benzene rings is 1. The van der Waals surface area contributed by atoms with Gasteiger partial charge in [-0.15, -0.1) is 0 Å². The molecule has 0 spiro atoms. The van der Waals surface area contributed by atoms with Crippen LogP contribution in [0.25, 0.3) is 11.2 Å². The number of hydrogen-bond acceptors (Lipinski definition) is 5. The lowest BCUT2D eigenvalue weighted by atomic mass is 10.2. The standard InChI is InChI=1S/C21H24N4O3/c1-4-28-17-10-6-5-8-15(17)12-23-20(26)18-21(27)25(13-14(2)3)19-16(24-18)9-7-11-22-19/h5-11,14H,4,12-13H2,1-3H3,(H,23,26). The van der Waals surface area contributed by atoms with Crippen LogP contribution in [0.5, 0.6) is 5.75 Å². The summed E-state index contributed by atoms with van der Waals surface area (Å²) in [6, 6.07) is 11.0. The van der Waals surface area contributed by atoms with Gasteiger partial charge in [0.15, 0.2) is 11.3 Å². The van der Waals surface area contributed by atoms with Gasteiger partial charge in [0.05, 0.1) is 6.61 Å². The number of hydrogen-bond donors (Lipinski definition) is 1. The molecular weight excluding hydrogens is 356 g/mol. The van der Waals surface area contributed by atoms with Crippen LogP contribution < -0.4 is 15.6 Å². The van der Waals surface area contributed by atoms with Crippen molar-refractivity contribution >= 4 is 17.1 Å². The Morgan fingerprint density at radius 1 is 1.21 bits per heavy atom. The second kappa shape index (κ2) is 8.65. The third-order valence-corrected chi connectivity index (χ3v) is 4.18. The van der Waals surface area contributed by atoms with Crippen LogP contribution in [0.2, 0.25) is 0 Å².